The molecule has 0 spiro atoms. The Bertz CT molecular complexity index is 1230. The van der Waals surface area contributed by atoms with E-state index in [-0.39, 0.29) is 12.4 Å². The number of nitrogen functional groups attached to an aromatic ring is 1. The van der Waals surface area contributed by atoms with E-state index in [2.05, 4.69) is 11.1 Å². The van der Waals surface area contributed by atoms with Crippen LogP contribution in [-0.2, 0) is 25.6 Å². The summed E-state index contributed by atoms with van der Waals surface area (Å²) < 4.78 is 50.2. The first-order valence-corrected chi connectivity index (χ1v) is 10.6. The smallest absolute Gasteiger partial charge is 0.416 e. The number of ether oxygens (including phenoxy) is 2. The number of nitrogens with zero attached hydrogens (tertiary/aromatic N) is 1. The number of aromatic nitrogens is 1. The summed E-state index contributed by atoms with van der Waals surface area (Å²) in [6.07, 6.45) is -0.691. The van der Waals surface area contributed by atoms with Crippen molar-refractivity contribution in [2.75, 3.05) is 12.8 Å². The molecule has 0 fully saturated rings. The largest absolute Gasteiger partial charge is 0.496 e. The lowest BCUT2D eigenvalue weighted by atomic mass is 9.86. The van der Waals surface area contributed by atoms with Crippen LogP contribution in [-0.4, -0.2) is 7.11 Å². The third kappa shape index (κ3) is 4.58. The average Bonchev–Trinajstić information content (AvgIpc) is 2.81. The summed E-state index contributed by atoms with van der Waals surface area (Å²) >= 11 is 0. The van der Waals surface area contributed by atoms with Crippen LogP contribution in [0.4, 0.5) is 19.0 Å². The molecule has 3 N–H and O–H groups in total. The first-order chi connectivity index (χ1) is 15.8. The molecule has 1 aromatic heterocycles. The highest BCUT2D eigenvalue weighted by Gasteiger charge is 2.30. The van der Waals surface area contributed by atoms with E-state index in [4.69, 9.17) is 15.2 Å². The number of nitrogens with one attached hydrogen (secondary N) is 1. The summed E-state index contributed by atoms with van der Waals surface area (Å²) in [7, 11) is 1.51. The van der Waals surface area contributed by atoms with Gasteiger partial charge in [-0.2, -0.15) is 18.4 Å². The van der Waals surface area contributed by atoms with Crippen LogP contribution < -0.4 is 20.2 Å². The number of aryl methyl sites for hydroxylation is 1. The predicted octanol–water partition coefficient (Wildman–Crippen LogP) is 5.11. The summed E-state index contributed by atoms with van der Waals surface area (Å²) in [6.45, 7) is -0.00313. The summed E-state index contributed by atoms with van der Waals surface area (Å²) in [6, 6.07) is 12.4. The zero-order chi connectivity index (χ0) is 23.6. The van der Waals surface area contributed by atoms with Crippen molar-refractivity contribution in [2.24, 2.45) is 0 Å². The van der Waals surface area contributed by atoms with Gasteiger partial charge in [-0.3, -0.25) is 5.73 Å². The second-order valence-electron chi connectivity index (χ2n) is 7.91. The van der Waals surface area contributed by atoms with Crippen molar-refractivity contribution >= 4 is 5.82 Å². The molecule has 1 aliphatic carbocycles. The molecule has 0 saturated carbocycles. The van der Waals surface area contributed by atoms with Crippen LogP contribution in [0.25, 0.3) is 11.1 Å². The molecular formula is C25H23F3N3O2+. The van der Waals surface area contributed by atoms with Crippen LogP contribution in [0.5, 0.6) is 11.5 Å². The molecule has 0 radical (unpaired) electrons. The zero-order valence-corrected chi connectivity index (χ0v) is 18.1. The van der Waals surface area contributed by atoms with Gasteiger partial charge >= 0.3 is 6.18 Å². The lowest BCUT2D eigenvalue weighted by molar-refractivity contribution is -0.374. The predicted molar refractivity (Wildman–Crippen MR) is 117 cm³/mol. The summed E-state index contributed by atoms with van der Waals surface area (Å²) in [5.74, 6) is 0.963. The van der Waals surface area contributed by atoms with Crippen LogP contribution in [0.2, 0.25) is 0 Å². The number of halogens is 3. The molecule has 5 nitrogen and oxygen atoms in total. The van der Waals surface area contributed by atoms with E-state index in [1.807, 2.05) is 12.1 Å². The van der Waals surface area contributed by atoms with Gasteiger partial charge in [-0.1, -0.05) is 12.1 Å². The molecule has 33 heavy (non-hydrogen) atoms. The molecule has 170 valence electrons. The van der Waals surface area contributed by atoms with Gasteiger partial charge in [0.2, 0.25) is 0 Å². The molecule has 8 heteroatoms. The number of anilines is 1. The standard InChI is InChI=1S/C25H22F3N3O2/c1-32-22-10-9-15(23-19-7-2-3-8-21(19)31-24(30)20(23)13-29)11-16(22)14-33-18-6-4-5-17(12-18)25(26,27)28/h4-6,9-12H,2-3,7-8,14H2,1H3,(H2,30,31)/p+1. The number of aromatic amines is 1. The number of nitriles is 1. The van der Waals surface area contributed by atoms with E-state index in [0.717, 1.165) is 60.2 Å². The molecular weight excluding hydrogens is 431 g/mol. The fraction of sp³-hybridized carbons (Fsp3) is 0.280. The maximum absolute atomic E-state index is 13.0. The van der Waals surface area contributed by atoms with Gasteiger partial charge in [0, 0.05) is 23.1 Å². The number of benzene rings is 2. The van der Waals surface area contributed by atoms with Crippen molar-refractivity contribution in [3.8, 4) is 28.7 Å². The van der Waals surface area contributed by atoms with Crippen molar-refractivity contribution < 1.29 is 27.6 Å². The third-order valence-corrected chi connectivity index (χ3v) is 5.81. The number of rotatable bonds is 5. The Hall–Kier alpha value is -3.73. The van der Waals surface area contributed by atoms with E-state index in [9.17, 15) is 18.4 Å². The molecule has 3 aromatic rings. The molecule has 0 saturated heterocycles. The first kappa shape index (κ1) is 22.5. The summed E-state index contributed by atoms with van der Waals surface area (Å²) in [5, 5.41) is 9.78. The van der Waals surface area contributed by atoms with Crippen molar-refractivity contribution in [1.82, 2.24) is 0 Å². The van der Waals surface area contributed by atoms with Crippen molar-refractivity contribution in [2.45, 2.75) is 38.5 Å². The maximum atomic E-state index is 13.0. The average molecular weight is 454 g/mol. The van der Waals surface area contributed by atoms with Crippen LogP contribution in [0, 0.1) is 11.3 Å². The number of hydrogen-bond acceptors (Lipinski definition) is 4. The lowest BCUT2D eigenvalue weighted by Gasteiger charge is -2.20. The summed E-state index contributed by atoms with van der Waals surface area (Å²) in [4.78, 5) is 3.17. The van der Waals surface area contributed by atoms with Gasteiger partial charge in [-0.05, 0) is 55.2 Å². The molecule has 1 heterocycles. The first-order valence-electron chi connectivity index (χ1n) is 10.6. The Morgan fingerprint density at radius 1 is 1.12 bits per heavy atom. The van der Waals surface area contributed by atoms with Crippen molar-refractivity contribution in [3.63, 3.8) is 0 Å². The third-order valence-electron chi connectivity index (χ3n) is 5.81. The van der Waals surface area contributed by atoms with E-state index in [0.29, 0.717) is 22.7 Å². The molecule has 1 aliphatic rings. The number of alkyl halides is 3. The number of methoxy groups -OCH3 is 1. The second-order valence-corrected chi connectivity index (χ2v) is 7.91. The van der Waals surface area contributed by atoms with Crippen molar-refractivity contribution in [1.29, 1.82) is 5.26 Å². The highest BCUT2D eigenvalue weighted by atomic mass is 19.4. The van der Waals surface area contributed by atoms with Gasteiger partial charge in [-0.15, -0.1) is 0 Å². The Morgan fingerprint density at radius 3 is 2.64 bits per heavy atom. The fourth-order valence-corrected chi connectivity index (χ4v) is 4.23. The van der Waals surface area contributed by atoms with Crippen LogP contribution in [0.15, 0.2) is 42.5 Å². The minimum absolute atomic E-state index is 0.00313. The molecule has 0 unspecified atom stereocenters. The fourth-order valence-electron chi connectivity index (χ4n) is 4.23. The van der Waals surface area contributed by atoms with Gasteiger partial charge in [0.25, 0.3) is 5.82 Å². The second kappa shape index (κ2) is 9.02. The minimum atomic E-state index is -4.45. The molecule has 0 atom stereocenters. The number of fused-ring (bicyclic) bond motifs is 1. The zero-order valence-electron chi connectivity index (χ0n) is 18.1. The highest BCUT2D eigenvalue weighted by Crippen LogP contribution is 2.37. The maximum Gasteiger partial charge on any atom is 0.416 e. The Morgan fingerprint density at radius 2 is 1.91 bits per heavy atom. The van der Waals surface area contributed by atoms with Gasteiger partial charge in [0.1, 0.15) is 35.4 Å². The topological polar surface area (TPSA) is 82.4 Å². The molecule has 0 bridgehead atoms. The van der Waals surface area contributed by atoms with Crippen LogP contribution in [0.1, 0.15) is 40.8 Å². The monoisotopic (exact) mass is 454 g/mol. The van der Waals surface area contributed by atoms with Gasteiger partial charge in [0.15, 0.2) is 0 Å². The van der Waals surface area contributed by atoms with E-state index in [1.54, 1.807) is 6.07 Å². The Kier molecular flexibility index (Phi) is 6.14. The van der Waals surface area contributed by atoms with E-state index in [1.165, 1.54) is 19.2 Å². The van der Waals surface area contributed by atoms with Crippen molar-refractivity contribution in [3.05, 3.63) is 70.4 Å². The van der Waals surface area contributed by atoms with E-state index >= 15 is 0 Å². The van der Waals surface area contributed by atoms with E-state index < -0.39 is 11.7 Å². The molecule has 0 amide bonds. The highest BCUT2D eigenvalue weighted by molar-refractivity contribution is 5.78. The van der Waals surface area contributed by atoms with Gasteiger partial charge in [0.05, 0.1) is 12.7 Å². The Balaban J connectivity index is 1.72. The van der Waals surface area contributed by atoms with Gasteiger partial charge < -0.3 is 9.47 Å². The number of nitrogens with two attached hydrogens (primary N) is 1. The van der Waals surface area contributed by atoms with Crippen LogP contribution in [0.3, 0.4) is 0 Å². The van der Waals surface area contributed by atoms with Crippen LogP contribution >= 0.6 is 0 Å². The normalized spacial score (nSPS) is 13.2. The molecule has 4 rings (SSSR count). The summed E-state index contributed by atoms with van der Waals surface area (Å²) in [5.41, 5.74) is 10.1. The number of pyridine rings is 1. The Labute approximate surface area is 189 Å². The minimum Gasteiger partial charge on any atom is -0.496 e. The van der Waals surface area contributed by atoms with Gasteiger partial charge in [-0.25, -0.2) is 4.98 Å². The number of hydrogen-bond donors (Lipinski definition) is 1. The lowest BCUT2D eigenvalue weighted by Crippen LogP contribution is -2.24. The molecule has 2 aromatic carbocycles. The quantitative estimate of drug-likeness (QED) is 0.581. The molecule has 0 aliphatic heterocycles. The SMILES string of the molecule is COc1ccc(-c2c(C#N)c(N)[nH+]c3c2CCCC3)cc1COc1cccc(C(F)(F)F)c1. The number of H-pyrrole nitrogens is 1.